The van der Waals surface area contributed by atoms with Crippen LogP contribution in [0.1, 0.15) is 43.2 Å². The van der Waals surface area contributed by atoms with E-state index in [9.17, 15) is 5.11 Å². The summed E-state index contributed by atoms with van der Waals surface area (Å²) in [5, 5.41) is 10.4. The number of aliphatic hydroxyl groups excluding tert-OH is 1. The molecule has 22 heavy (non-hydrogen) atoms. The average Bonchev–Trinajstić information content (AvgIpc) is 3.10. The van der Waals surface area contributed by atoms with Gasteiger partial charge in [0, 0.05) is 18.9 Å². The fourth-order valence-corrected chi connectivity index (χ4v) is 3.39. The number of piperidine rings is 1. The normalized spacial score (nSPS) is 19.9. The van der Waals surface area contributed by atoms with Crippen molar-refractivity contribution in [3.05, 3.63) is 54.1 Å². The molecule has 1 aromatic heterocycles. The standard InChI is InChI=1S/C18H25N3O/c1-14(15-5-3-2-4-6-15)13-21-11-7-16(8-12-21)17(22)18-19-9-10-20-18/h2-6,9-10,14,16-17,22H,7-8,11-13H2,1H3,(H,19,20)/t14-,17+/m0/s1. The van der Waals surface area contributed by atoms with E-state index in [1.54, 1.807) is 12.4 Å². The summed E-state index contributed by atoms with van der Waals surface area (Å²) < 4.78 is 0. The maximum Gasteiger partial charge on any atom is 0.135 e. The maximum absolute atomic E-state index is 10.4. The number of benzene rings is 1. The highest BCUT2D eigenvalue weighted by Crippen LogP contribution is 2.29. The minimum Gasteiger partial charge on any atom is -0.385 e. The number of aliphatic hydroxyl groups is 1. The highest BCUT2D eigenvalue weighted by atomic mass is 16.3. The Morgan fingerprint density at radius 2 is 2.00 bits per heavy atom. The predicted molar refractivity (Wildman–Crippen MR) is 87.6 cm³/mol. The average molecular weight is 299 g/mol. The molecule has 0 radical (unpaired) electrons. The van der Waals surface area contributed by atoms with E-state index in [0.717, 1.165) is 32.5 Å². The summed E-state index contributed by atoms with van der Waals surface area (Å²) in [6.07, 6.45) is 5.08. The second kappa shape index (κ2) is 7.07. The van der Waals surface area contributed by atoms with Gasteiger partial charge in [-0.05, 0) is 43.3 Å². The van der Waals surface area contributed by atoms with Crippen molar-refractivity contribution in [1.29, 1.82) is 0 Å². The molecule has 2 aromatic rings. The van der Waals surface area contributed by atoms with Gasteiger partial charge in [0.05, 0.1) is 0 Å². The fourth-order valence-electron chi connectivity index (χ4n) is 3.39. The number of nitrogens with zero attached hydrogens (tertiary/aromatic N) is 2. The summed E-state index contributed by atoms with van der Waals surface area (Å²) in [5.74, 6) is 1.57. The van der Waals surface area contributed by atoms with Crippen LogP contribution >= 0.6 is 0 Å². The van der Waals surface area contributed by atoms with Gasteiger partial charge in [-0.25, -0.2) is 4.98 Å². The van der Waals surface area contributed by atoms with E-state index in [1.165, 1.54) is 5.56 Å². The summed E-state index contributed by atoms with van der Waals surface area (Å²) in [5.41, 5.74) is 1.40. The Kier molecular flexibility index (Phi) is 4.90. The van der Waals surface area contributed by atoms with Crippen LogP contribution in [0.2, 0.25) is 0 Å². The predicted octanol–water partition coefficient (Wildman–Crippen LogP) is 2.96. The molecule has 1 saturated heterocycles. The van der Waals surface area contributed by atoms with Crippen molar-refractivity contribution in [3.8, 4) is 0 Å². The smallest absolute Gasteiger partial charge is 0.135 e. The molecule has 0 bridgehead atoms. The van der Waals surface area contributed by atoms with Crippen molar-refractivity contribution in [2.45, 2.75) is 31.8 Å². The van der Waals surface area contributed by atoms with Gasteiger partial charge < -0.3 is 15.0 Å². The molecule has 118 valence electrons. The zero-order chi connectivity index (χ0) is 15.4. The molecule has 1 fully saturated rings. The molecule has 2 N–H and O–H groups in total. The molecule has 0 spiro atoms. The fraction of sp³-hybridized carbons (Fsp3) is 0.500. The first-order valence-electron chi connectivity index (χ1n) is 8.18. The third-order valence-electron chi connectivity index (χ3n) is 4.78. The van der Waals surface area contributed by atoms with Crippen molar-refractivity contribution in [1.82, 2.24) is 14.9 Å². The van der Waals surface area contributed by atoms with Crippen LogP contribution in [0.5, 0.6) is 0 Å². The van der Waals surface area contributed by atoms with E-state index in [1.807, 2.05) is 0 Å². The zero-order valence-electron chi connectivity index (χ0n) is 13.2. The highest BCUT2D eigenvalue weighted by Gasteiger charge is 2.28. The number of nitrogens with one attached hydrogen (secondary N) is 1. The number of H-pyrrole nitrogens is 1. The van der Waals surface area contributed by atoms with Crippen LogP contribution in [0.25, 0.3) is 0 Å². The second-order valence-electron chi connectivity index (χ2n) is 6.37. The molecule has 0 amide bonds. The SMILES string of the molecule is C[C@@H](CN1CCC([C@@H](O)c2ncc[nH]2)CC1)c1ccccc1. The van der Waals surface area contributed by atoms with E-state index >= 15 is 0 Å². The molecular weight excluding hydrogens is 274 g/mol. The number of hydrogen-bond donors (Lipinski definition) is 2. The summed E-state index contributed by atoms with van der Waals surface area (Å²) in [4.78, 5) is 9.72. The third kappa shape index (κ3) is 3.57. The Hall–Kier alpha value is -1.65. The van der Waals surface area contributed by atoms with Gasteiger partial charge in [0.1, 0.15) is 11.9 Å². The Bertz CT molecular complexity index is 547. The quantitative estimate of drug-likeness (QED) is 0.892. The lowest BCUT2D eigenvalue weighted by molar-refractivity contribution is 0.0523. The van der Waals surface area contributed by atoms with Crippen LogP contribution in [0.4, 0.5) is 0 Å². The summed E-state index contributed by atoms with van der Waals surface area (Å²) in [6, 6.07) is 10.7. The molecule has 0 aliphatic carbocycles. The Morgan fingerprint density at radius 3 is 2.64 bits per heavy atom. The topological polar surface area (TPSA) is 52.1 Å². The maximum atomic E-state index is 10.4. The number of imidazole rings is 1. The largest absolute Gasteiger partial charge is 0.385 e. The number of rotatable bonds is 5. The van der Waals surface area contributed by atoms with Gasteiger partial charge in [-0.2, -0.15) is 0 Å². The van der Waals surface area contributed by atoms with Crippen molar-refractivity contribution < 1.29 is 5.11 Å². The molecule has 0 saturated carbocycles. The summed E-state index contributed by atoms with van der Waals surface area (Å²) in [7, 11) is 0. The van der Waals surface area contributed by atoms with Crippen LogP contribution in [0.15, 0.2) is 42.7 Å². The third-order valence-corrected chi connectivity index (χ3v) is 4.78. The van der Waals surface area contributed by atoms with Crippen molar-refractivity contribution >= 4 is 0 Å². The Labute approximate surface area is 132 Å². The second-order valence-corrected chi connectivity index (χ2v) is 6.37. The van der Waals surface area contributed by atoms with E-state index in [-0.39, 0.29) is 0 Å². The lowest BCUT2D eigenvalue weighted by atomic mass is 9.90. The molecule has 4 nitrogen and oxygen atoms in total. The van der Waals surface area contributed by atoms with Gasteiger partial charge in [0.25, 0.3) is 0 Å². The lowest BCUT2D eigenvalue weighted by Crippen LogP contribution is -2.37. The summed E-state index contributed by atoms with van der Waals surface area (Å²) >= 11 is 0. The lowest BCUT2D eigenvalue weighted by Gasteiger charge is -2.35. The Morgan fingerprint density at radius 1 is 1.27 bits per heavy atom. The molecule has 1 aliphatic rings. The molecular formula is C18H25N3O. The number of aromatic nitrogens is 2. The number of likely N-dealkylation sites (tertiary alicyclic amines) is 1. The van der Waals surface area contributed by atoms with Gasteiger partial charge in [0.2, 0.25) is 0 Å². The van der Waals surface area contributed by atoms with Crippen molar-refractivity contribution in [2.75, 3.05) is 19.6 Å². The Balaban J connectivity index is 1.50. The van der Waals surface area contributed by atoms with Crippen LogP contribution in [-0.4, -0.2) is 39.6 Å². The van der Waals surface area contributed by atoms with Gasteiger partial charge in [-0.3, -0.25) is 0 Å². The number of aromatic amines is 1. The molecule has 2 atom stereocenters. The van der Waals surface area contributed by atoms with E-state index in [0.29, 0.717) is 17.7 Å². The summed E-state index contributed by atoms with van der Waals surface area (Å²) in [6.45, 7) is 5.49. The minimum atomic E-state index is -0.455. The van der Waals surface area contributed by atoms with Crippen molar-refractivity contribution in [3.63, 3.8) is 0 Å². The highest BCUT2D eigenvalue weighted by molar-refractivity contribution is 5.19. The van der Waals surface area contributed by atoms with E-state index in [4.69, 9.17) is 0 Å². The van der Waals surface area contributed by atoms with Crippen LogP contribution in [0, 0.1) is 5.92 Å². The minimum absolute atomic E-state index is 0.314. The van der Waals surface area contributed by atoms with E-state index in [2.05, 4.69) is 52.1 Å². The molecule has 0 unspecified atom stereocenters. The van der Waals surface area contributed by atoms with Crippen LogP contribution in [-0.2, 0) is 0 Å². The molecule has 3 rings (SSSR count). The zero-order valence-corrected chi connectivity index (χ0v) is 13.2. The van der Waals surface area contributed by atoms with E-state index < -0.39 is 6.10 Å². The molecule has 1 aromatic carbocycles. The van der Waals surface area contributed by atoms with Gasteiger partial charge in [-0.1, -0.05) is 37.3 Å². The van der Waals surface area contributed by atoms with Gasteiger partial charge in [0.15, 0.2) is 0 Å². The van der Waals surface area contributed by atoms with Crippen LogP contribution < -0.4 is 0 Å². The monoisotopic (exact) mass is 299 g/mol. The molecule has 4 heteroatoms. The molecule has 1 aliphatic heterocycles. The molecule has 2 heterocycles. The van der Waals surface area contributed by atoms with Gasteiger partial charge in [-0.15, -0.1) is 0 Å². The first-order chi connectivity index (χ1) is 10.7. The first kappa shape index (κ1) is 15.3. The van der Waals surface area contributed by atoms with Crippen molar-refractivity contribution in [2.24, 2.45) is 5.92 Å². The van der Waals surface area contributed by atoms with Crippen LogP contribution in [0.3, 0.4) is 0 Å². The van der Waals surface area contributed by atoms with Gasteiger partial charge >= 0.3 is 0 Å². The first-order valence-corrected chi connectivity index (χ1v) is 8.18. The number of hydrogen-bond acceptors (Lipinski definition) is 3.